The van der Waals surface area contributed by atoms with Crippen LogP contribution in [-0.2, 0) is 19.1 Å². The summed E-state index contributed by atoms with van der Waals surface area (Å²) in [5.41, 5.74) is -0.305. The Kier molecular flexibility index (Phi) is 15.8. The van der Waals surface area contributed by atoms with Crippen LogP contribution in [0.3, 0.4) is 0 Å². The van der Waals surface area contributed by atoms with Gasteiger partial charge in [-0.2, -0.15) is 0 Å². The van der Waals surface area contributed by atoms with Gasteiger partial charge >= 0.3 is 11.9 Å². The molecule has 0 rings (SSSR count). The second kappa shape index (κ2) is 15.5. The number of ether oxygens (including phenoxy) is 2. The van der Waals surface area contributed by atoms with Crippen molar-refractivity contribution in [3.8, 4) is 0 Å². The van der Waals surface area contributed by atoms with E-state index in [0.29, 0.717) is 24.4 Å². The third kappa shape index (κ3) is 12.6. The number of aliphatic hydroxyl groups is 4. The van der Waals surface area contributed by atoms with Crippen molar-refractivity contribution in [1.29, 1.82) is 0 Å². The Morgan fingerprint density at radius 1 is 0.731 bits per heavy atom. The van der Waals surface area contributed by atoms with Gasteiger partial charge in [0.15, 0.2) is 0 Å². The predicted octanol–water partition coefficient (Wildman–Crippen LogP) is 0.337. The highest BCUT2D eigenvalue weighted by atomic mass is 16.5. The van der Waals surface area contributed by atoms with Gasteiger partial charge in [-0.15, -0.1) is 0 Å². The molecule has 0 fully saturated rings. The maximum atomic E-state index is 11.0. The van der Waals surface area contributed by atoms with Crippen LogP contribution in [-0.4, -0.2) is 72.0 Å². The van der Waals surface area contributed by atoms with Crippen LogP contribution in [0.15, 0.2) is 24.3 Å². The Labute approximate surface area is 154 Å². The maximum absolute atomic E-state index is 11.0. The molecule has 0 aromatic carbocycles. The second-order valence-electron chi connectivity index (χ2n) is 6.03. The molecule has 0 amide bonds. The Morgan fingerprint density at radius 3 is 1.23 bits per heavy atom. The number of carbonyl (C=O) groups is 2. The lowest BCUT2D eigenvalue weighted by Crippen LogP contribution is -2.37. The van der Waals surface area contributed by atoms with Crippen LogP contribution in [0.2, 0.25) is 0 Å². The topological polar surface area (TPSA) is 134 Å². The Hall–Kier alpha value is -1.74. The SMILES string of the molecule is C=C(C)C(=O)OCCCCCOC(=O)C(=C)C.OCC(CO)(CO)CO. The van der Waals surface area contributed by atoms with Crippen LogP contribution in [0, 0.1) is 5.41 Å². The molecule has 0 bridgehead atoms. The normalized spacial score (nSPS) is 10.4. The van der Waals surface area contributed by atoms with Crippen LogP contribution >= 0.6 is 0 Å². The van der Waals surface area contributed by atoms with Crippen LogP contribution in [0.1, 0.15) is 33.1 Å². The fourth-order valence-electron chi connectivity index (χ4n) is 1.26. The quantitative estimate of drug-likeness (QED) is 0.218. The third-order valence-electron chi connectivity index (χ3n) is 3.29. The molecule has 152 valence electrons. The first-order valence-electron chi connectivity index (χ1n) is 8.28. The monoisotopic (exact) mass is 376 g/mol. The van der Waals surface area contributed by atoms with Crippen molar-refractivity contribution in [3.63, 3.8) is 0 Å². The molecule has 0 atom stereocenters. The molecular weight excluding hydrogens is 344 g/mol. The molecule has 0 spiro atoms. The number of hydrogen-bond donors (Lipinski definition) is 4. The molecule has 0 saturated carbocycles. The van der Waals surface area contributed by atoms with Gasteiger partial charge in [-0.1, -0.05) is 13.2 Å². The van der Waals surface area contributed by atoms with E-state index >= 15 is 0 Å². The molecule has 0 aliphatic carbocycles. The highest BCUT2D eigenvalue weighted by Gasteiger charge is 2.26. The summed E-state index contributed by atoms with van der Waals surface area (Å²) in [4.78, 5) is 22.0. The molecule has 0 aliphatic heterocycles. The fourth-order valence-corrected chi connectivity index (χ4v) is 1.26. The zero-order chi connectivity index (χ0) is 20.6. The second-order valence-corrected chi connectivity index (χ2v) is 6.03. The molecule has 0 radical (unpaired) electrons. The molecule has 8 heteroatoms. The molecule has 0 unspecified atom stereocenters. The van der Waals surface area contributed by atoms with Gasteiger partial charge in [0, 0.05) is 11.1 Å². The number of carbonyl (C=O) groups excluding carboxylic acids is 2. The molecule has 26 heavy (non-hydrogen) atoms. The Balaban J connectivity index is 0. The Bertz CT molecular complexity index is 393. The van der Waals surface area contributed by atoms with E-state index in [1.807, 2.05) is 0 Å². The fraction of sp³-hybridized carbons (Fsp3) is 0.667. The van der Waals surface area contributed by atoms with Crippen LogP contribution < -0.4 is 0 Å². The summed E-state index contributed by atoms with van der Waals surface area (Å²) < 4.78 is 9.82. The van der Waals surface area contributed by atoms with E-state index in [0.717, 1.165) is 19.3 Å². The summed E-state index contributed by atoms with van der Waals surface area (Å²) in [7, 11) is 0. The van der Waals surface area contributed by atoms with Crippen LogP contribution in [0.5, 0.6) is 0 Å². The van der Waals surface area contributed by atoms with E-state index in [2.05, 4.69) is 13.2 Å². The van der Waals surface area contributed by atoms with Crippen molar-refractivity contribution in [1.82, 2.24) is 0 Å². The van der Waals surface area contributed by atoms with E-state index in [1.165, 1.54) is 0 Å². The van der Waals surface area contributed by atoms with Crippen molar-refractivity contribution in [3.05, 3.63) is 24.3 Å². The number of esters is 2. The van der Waals surface area contributed by atoms with Gasteiger partial charge < -0.3 is 29.9 Å². The first-order chi connectivity index (χ1) is 12.2. The van der Waals surface area contributed by atoms with E-state index in [1.54, 1.807) is 13.8 Å². The maximum Gasteiger partial charge on any atom is 0.333 e. The number of hydrogen-bond acceptors (Lipinski definition) is 8. The van der Waals surface area contributed by atoms with Crippen LogP contribution in [0.4, 0.5) is 0 Å². The Morgan fingerprint density at radius 2 is 1.04 bits per heavy atom. The lowest BCUT2D eigenvalue weighted by atomic mass is 9.93. The van der Waals surface area contributed by atoms with Gasteiger partial charge in [0.1, 0.15) is 0 Å². The molecule has 0 aliphatic rings. The van der Waals surface area contributed by atoms with E-state index in [9.17, 15) is 9.59 Å². The van der Waals surface area contributed by atoms with E-state index < -0.39 is 31.8 Å². The third-order valence-corrected chi connectivity index (χ3v) is 3.29. The summed E-state index contributed by atoms with van der Waals surface area (Å²) in [6, 6.07) is 0. The van der Waals surface area contributed by atoms with Gasteiger partial charge in [-0.25, -0.2) is 9.59 Å². The largest absolute Gasteiger partial charge is 0.462 e. The number of rotatable bonds is 12. The van der Waals surface area contributed by atoms with Gasteiger partial charge in [-0.05, 0) is 33.1 Å². The zero-order valence-corrected chi connectivity index (χ0v) is 15.7. The molecular formula is C18H32O8. The molecule has 4 N–H and O–H groups in total. The predicted molar refractivity (Wildman–Crippen MR) is 96.2 cm³/mol. The highest BCUT2D eigenvalue weighted by molar-refractivity contribution is 5.87. The first kappa shape index (κ1) is 26.5. The minimum absolute atomic E-state index is 0.362. The summed E-state index contributed by atoms with van der Waals surface area (Å²) in [5.74, 6) is -0.725. The molecule has 8 nitrogen and oxygen atoms in total. The highest BCUT2D eigenvalue weighted by Crippen LogP contribution is 2.11. The summed E-state index contributed by atoms with van der Waals surface area (Å²) >= 11 is 0. The van der Waals surface area contributed by atoms with Crippen molar-refractivity contribution in [2.24, 2.45) is 5.41 Å². The van der Waals surface area contributed by atoms with Gasteiger partial charge in [0.2, 0.25) is 0 Å². The van der Waals surface area contributed by atoms with Crippen molar-refractivity contribution in [2.45, 2.75) is 33.1 Å². The lowest BCUT2D eigenvalue weighted by Gasteiger charge is -2.23. The zero-order valence-electron chi connectivity index (χ0n) is 15.7. The molecule has 0 saturated heterocycles. The smallest absolute Gasteiger partial charge is 0.333 e. The van der Waals surface area contributed by atoms with Crippen molar-refractivity contribution < 1.29 is 39.5 Å². The number of unbranched alkanes of at least 4 members (excludes halogenated alkanes) is 2. The van der Waals surface area contributed by atoms with Gasteiger partial charge in [0.05, 0.1) is 45.1 Å². The van der Waals surface area contributed by atoms with Crippen molar-refractivity contribution in [2.75, 3.05) is 39.6 Å². The van der Waals surface area contributed by atoms with E-state index in [4.69, 9.17) is 29.9 Å². The summed E-state index contributed by atoms with van der Waals surface area (Å²) in [6.07, 6.45) is 2.35. The van der Waals surface area contributed by atoms with Gasteiger partial charge in [0.25, 0.3) is 0 Å². The lowest BCUT2D eigenvalue weighted by molar-refractivity contribution is -0.139. The molecule has 0 heterocycles. The molecule has 0 aromatic rings. The van der Waals surface area contributed by atoms with Gasteiger partial charge in [-0.3, -0.25) is 0 Å². The minimum atomic E-state index is -1.11. The van der Waals surface area contributed by atoms with Crippen molar-refractivity contribution >= 4 is 11.9 Å². The van der Waals surface area contributed by atoms with Crippen LogP contribution in [0.25, 0.3) is 0 Å². The average Bonchev–Trinajstić information content (AvgIpc) is 2.63. The summed E-state index contributed by atoms with van der Waals surface area (Å²) in [5, 5.41) is 34.0. The molecule has 0 aromatic heterocycles. The standard InChI is InChI=1S/C13H20O4.C5H12O4/c1-10(2)12(14)16-8-6-5-7-9-17-13(15)11(3)4;6-1-5(2-7,3-8)4-9/h1,3,5-9H2,2,4H3;6-9H,1-4H2. The minimum Gasteiger partial charge on any atom is -0.462 e. The first-order valence-corrected chi connectivity index (χ1v) is 8.28. The number of aliphatic hydroxyl groups excluding tert-OH is 4. The van der Waals surface area contributed by atoms with E-state index in [-0.39, 0.29) is 11.9 Å². The summed E-state index contributed by atoms with van der Waals surface area (Å²) in [6.45, 7) is 9.30. The average molecular weight is 376 g/mol.